The van der Waals surface area contributed by atoms with Crippen molar-refractivity contribution in [2.24, 2.45) is 20.0 Å². The fourth-order valence-corrected chi connectivity index (χ4v) is 7.02. The Labute approximate surface area is 285 Å². The van der Waals surface area contributed by atoms with Crippen LogP contribution >= 0.6 is 0 Å². The Hall–Kier alpha value is -7.06. The quantitative estimate of drug-likeness (QED) is 0.173. The summed E-state index contributed by atoms with van der Waals surface area (Å²) in [6.45, 7) is 0. The van der Waals surface area contributed by atoms with Gasteiger partial charge in [0, 0.05) is 44.0 Å². The molecule has 10 heterocycles. The van der Waals surface area contributed by atoms with Gasteiger partial charge in [-0.3, -0.25) is 0 Å². The number of fused-ring (bicyclic) bond motifs is 18. The second kappa shape index (κ2) is 10.2. The van der Waals surface area contributed by atoms with E-state index in [2.05, 4.69) is 70.7 Å². The minimum Gasteiger partial charge on any atom is -0.355 e. The molecule has 0 fully saturated rings. The minimum absolute atomic E-state index is 0.836. The predicted molar refractivity (Wildman–Crippen MR) is 205 cm³/mol. The fourth-order valence-electron chi connectivity index (χ4n) is 7.02. The lowest BCUT2D eigenvalue weighted by atomic mass is 9.98. The first-order valence-corrected chi connectivity index (χ1v) is 16.4. The monoisotopic (exact) mass is 640 g/mol. The van der Waals surface area contributed by atoms with Crippen LogP contribution in [0.4, 0.5) is 0 Å². The van der Waals surface area contributed by atoms with Crippen molar-refractivity contribution in [1.29, 1.82) is 0 Å². The Morgan fingerprint density at radius 1 is 0.400 bits per heavy atom. The first-order valence-electron chi connectivity index (χ1n) is 16.4. The number of hydrogen-bond donors (Lipinski definition) is 2. The highest BCUT2D eigenvalue weighted by Crippen LogP contribution is 2.37. The van der Waals surface area contributed by atoms with Crippen molar-refractivity contribution in [3.8, 4) is 0 Å². The third-order valence-corrected chi connectivity index (χ3v) is 9.30. The number of allylic oxidation sites excluding steroid dienone is 10. The third-order valence-electron chi connectivity index (χ3n) is 9.30. The number of nitrogens with zero attached hydrogens (tertiary/aromatic N) is 6. The molecule has 8 heteroatoms. The molecule has 2 N–H and O–H groups in total. The van der Waals surface area contributed by atoms with E-state index in [-0.39, 0.29) is 0 Å². The standard InChI is InChI=1S/C42H24N8/c1-2-24-14-28-6-10-32(46-28)18-40-36-22-38-37(21-35(36)39(49-40)17-31-9-5-27(45-31)13-23(1)43-24)41-19-33-11-7-29(47-33)15-25-3-4-26(44-25)16-30-8-12-34(48-30)20-42(38)50-41/h1-22,43,49H. The molecule has 7 aliphatic rings. The molecule has 0 aliphatic carbocycles. The highest BCUT2D eigenvalue weighted by atomic mass is 14.9. The van der Waals surface area contributed by atoms with Gasteiger partial charge in [-0.1, -0.05) is 0 Å². The van der Waals surface area contributed by atoms with Gasteiger partial charge in [0.2, 0.25) is 0 Å². The number of benzene rings is 1. The second-order valence-corrected chi connectivity index (χ2v) is 12.8. The molecular weight excluding hydrogens is 617 g/mol. The van der Waals surface area contributed by atoms with Gasteiger partial charge in [-0.15, -0.1) is 0 Å². The van der Waals surface area contributed by atoms with Crippen LogP contribution in [0.5, 0.6) is 0 Å². The number of aromatic nitrogens is 4. The van der Waals surface area contributed by atoms with Gasteiger partial charge in [0.05, 0.1) is 68.4 Å². The predicted octanol–water partition coefficient (Wildman–Crippen LogP) is 8.65. The average molecular weight is 641 g/mol. The minimum atomic E-state index is 0.836. The van der Waals surface area contributed by atoms with Gasteiger partial charge in [-0.2, -0.15) is 0 Å². The van der Waals surface area contributed by atoms with Gasteiger partial charge in [-0.05, 0) is 134 Å². The van der Waals surface area contributed by atoms with E-state index in [1.54, 1.807) is 0 Å². The van der Waals surface area contributed by atoms with Crippen molar-refractivity contribution in [3.05, 3.63) is 160 Å². The molecule has 3 aromatic heterocycles. The van der Waals surface area contributed by atoms with Gasteiger partial charge in [0.15, 0.2) is 0 Å². The zero-order chi connectivity index (χ0) is 32.8. The summed E-state index contributed by atoms with van der Waals surface area (Å²) in [4.78, 5) is 36.7. The van der Waals surface area contributed by atoms with Gasteiger partial charge in [0.1, 0.15) is 0 Å². The Balaban J connectivity index is 1.17. The molecule has 50 heavy (non-hydrogen) atoms. The number of aromatic amines is 2. The van der Waals surface area contributed by atoms with Crippen LogP contribution in [0.1, 0.15) is 33.9 Å². The van der Waals surface area contributed by atoms with Crippen molar-refractivity contribution in [2.75, 3.05) is 0 Å². The van der Waals surface area contributed by atoms with Crippen LogP contribution in [0, 0.1) is 0 Å². The van der Waals surface area contributed by atoms with E-state index in [9.17, 15) is 0 Å². The number of hydrogen-bond acceptors (Lipinski definition) is 6. The zero-order valence-electron chi connectivity index (χ0n) is 26.4. The van der Waals surface area contributed by atoms with Crippen molar-refractivity contribution < 1.29 is 0 Å². The van der Waals surface area contributed by atoms with E-state index >= 15 is 0 Å². The van der Waals surface area contributed by atoms with E-state index in [1.165, 1.54) is 0 Å². The summed E-state index contributed by atoms with van der Waals surface area (Å²) in [6.07, 6.45) is 28.3. The van der Waals surface area contributed by atoms with Gasteiger partial charge >= 0.3 is 0 Å². The summed E-state index contributed by atoms with van der Waals surface area (Å²) in [7, 11) is 0. The molecule has 0 saturated heterocycles. The SMILES string of the molecule is C1=CC2=NC1=CC1=NC(=CC3=NC(=CC4=NC(=C2)C=C4)c2cc4c5cc6nc(cc7ccc(cc8nc(cc([nH]5)c4cc23)C=C8)[nH]7)C=C6)C=C1. The Bertz CT molecular complexity index is 2900. The summed E-state index contributed by atoms with van der Waals surface area (Å²) in [5, 5.41) is 2.14. The summed E-state index contributed by atoms with van der Waals surface area (Å²) >= 11 is 0. The van der Waals surface area contributed by atoms with Crippen molar-refractivity contribution in [2.45, 2.75) is 0 Å². The Kier molecular flexibility index (Phi) is 5.51. The highest BCUT2D eigenvalue weighted by Gasteiger charge is 2.23. The summed E-state index contributed by atoms with van der Waals surface area (Å²) in [6, 6.07) is 16.9. The molecule has 0 saturated carbocycles. The molecular formula is C42H24N8. The molecule has 11 rings (SSSR count). The van der Waals surface area contributed by atoms with Gasteiger partial charge < -0.3 is 9.97 Å². The first-order chi connectivity index (χ1) is 24.6. The summed E-state index contributed by atoms with van der Waals surface area (Å²) in [5.74, 6) is 0. The van der Waals surface area contributed by atoms with Crippen molar-refractivity contribution >= 4 is 85.7 Å². The molecule has 232 valence electrons. The summed E-state index contributed by atoms with van der Waals surface area (Å²) < 4.78 is 0. The number of nitrogens with one attached hydrogen (secondary N) is 2. The number of aliphatic imine (C=N–C) groups is 4. The van der Waals surface area contributed by atoms with Crippen LogP contribution in [-0.2, 0) is 0 Å². The molecule has 0 amide bonds. The molecule has 0 radical (unpaired) electrons. The van der Waals surface area contributed by atoms with Crippen LogP contribution in [0.2, 0.25) is 0 Å². The highest BCUT2D eigenvalue weighted by molar-refractivity contribution is 6.24. The molecule has 8 nitrogen and oxygen atoms in total. The number of H-pyrrole nitrogens is 2. The van der Waals surface area contributed by atoms with Crippen LogP contribution in [0.25, 0.3) is 62.8 Å². The maximum absolute atomic E-state index is 5.19. The van der Waals surface area contributed by atoms with E-state index in [0.29, 0.717) is 0 Å². The Morgan fingerprint density at radius 2 is 0.900 bits per heavy atom. The molecule has 0 unspecified atom stereocenters. The molecule has 0 spiro atoms. The molecule has 16 bridgehead atoms. The van der Waals surface area contributed by atoms with E-state index in [1.807, 2.05) is 72.9 Å². The summed E-state index contributed by atoms with van der Waals surface area (Å²) in [5.41, 5.74) is 16.3. The van der Waals surface area contributed by atoms with Crippen LogP contribution in [0.15, 0.2) is 146 Å². The van der Waals surface area contributed by atoms with Gasteiger partial charge in [0.25, 0.3) is 0 Å². The third kappa shape index (κ3) is 4.62. The number of rotatable bonds is 0. The molecule has 7 aliphatic heterocycles. The largest absolute Gasteiger partial charge is 0.355 e. The lowest BCUT2D eigenvalue weighted by Gasteiger charge is -2.03. The average Bonchev–Trinajstić information content (AvgIpc) is 3.95. The van der Waals surface area contributed by atoms with Crippen LogP contribution < -0.4 is 0 Å². The van der Waals surface area contributed by atoms with Crippen LogP contribution in [0.3, 0.4) is 0 Å². The first kappa shape index (κ1) is 26.9. The normalized spacial score (nSPS) is 17.8. The lowest BCUT2D eigenvalue weighted by Crippen LogP contribution is -1.95. The topological polar surface area (TPSA) is 107 Å². The van der Waals surface area contributed by atoms with Gasteiger partial charge in [-0.25, -0.2) is 29.9 Å². The van der Waals surface area contributed by atoms with Crippen molar-refractivity contribution in [1.82, 2.24) is 19.9 Å². The van der Waals surface area contributed by atoms with Crippen LogP contribution in [-0.4, -0.2) is 42.8 Å². The maximum Gasteiger partial charge on any atom is 0.0738 e. The Morgan fingerprint density at radius 3 is 1.48 bits per heavy atom. The maximum atomic E-state index is 5.19. The van der Waals surface area contributed by atoms with Crippen molar-refractivity contribution in [3.63, 3.8) is 0 Å². The molecule has 1 aromatic carbocycles. The zero-order valence-corrected chi connectivity index (χ0v) is 26.4. The smallest absolute Gasteiger partial charge is 0.0738 e. The lowest BCUT2D eigenvalue weighted by molar-refractivity contribution is 1.31. The van der Waals surface area contributed by atoms with E-state index < -0.39 is 0 Å². The van der Waals surface area contributed by atoms with E-state index in [4.69, 9.17) is 29.9 Å². The molecule has 4 aromatic rings. The van der Waals surface area contributed by atoms with E-state index in [0.717, 1.165) is 112 Å². The molecule has 0 atom stereocenters. The fraction of sp³-hybridized carbons (Fsp3) is 0. The second-order valence-electron chi connectivity index (χ2n) is 12.8.